The first kappa shape index (κ1) is 13.6. The Labute approximate surface area is 114 Å². The number of para-hydroxylation sites is 1. The maximum Gasteiger partial charge on any atom is 0.113 e. The predicted molar refractivity (Wildman–Crippen MR) is 76.9 cm³/mol. The number of hydrogen-bond acceptors (Lipinski definition) is 3. The van der Waals surface area contributed by atoms with Crippen molar-refractivity contribution in [2.24, 2.45) is 0 Å². The maximum atomic E-state index is 5.36. The molecule has 0 aliphatic heterocycles. The van der Waals surface area contributed by atoms with Crippen molar-refractivity contribution in [1.29, 1.82) is 0 Å². The predicted octanol–water partition coefficient (Wildman–Crippen LogP) is 3.50. The summed E-state index contributed by atoms with van der Waals surface area (Å²) in [5.41, 5.74) is 1.82. The Morgan fingerprint density at radius 2 is 1.95 bits per heavy atom. The lowest BCUT2D eigenvalue weighted by Gasteiger charge is -2.28. The Bertz CT molecular complexity index is 555. The monoisotopic (exact) mass is 259 g/mol. The van der Waals surface area contributed by atoms with Crippen molar-refractivity contribution in [3.63, 3.8) is 0 Å². The van der Waals surface area contributed by atoms with Gasteiger partial charge in [0.25, 0.3) is 0 Å². The van der Waals surface area contributed by atoms with E-state index in [4.69, 9.17) is 4.74 Å². The zero-order valence-electron chi connectivity index (χ0n) is 11.8. The number of hydrogen-bond donors (Lipinski definition) is 0. The summed E-state index contributed by atoms with van der Waals surface area (Å²) in [6.07, 6.45) is 5.77. The minimum Gasteiger partial charge on any atom is -0.502 e. The largest absolute Gasteiger partial charge is 0.502 e. The molecule has 0 saturated carbocycles. The molecule has 0 atom stereocenters. The average molecular weight is 259 g/mol. The van der Waals surface area contributed by atoms with Crippen LogP contribution in [-0.2, 0) is 10.3 Å². The van der Waals surface area contributed by atoms with Gasteiger partial charge in [-0.3, -0.25) is 0 Å². The molecular weight excluding hydrogens is 238 g/mol. The standard InChI is InChI=1S/C15H21N3O/c1-4-15(5-2,11-12-19-6-3)18-14-10-8-7-9-13(14)16-17-18/h7-12H,4-6H2,1-3H3. The first-order valence-corrected chi connectivity index (χ1v) is 6.87. The van der Waals surface area contributed by atoms with E-state index in [1.54, 1.807) is 6.26 Å². The Hall–Kier alpha value is -1.84. The van der Waals surface area contributed by atoms with Crippen LogP contribution < -0.4 is 0 Å². The SMILES string of the molecule is CCOC=CC(CC)(CC)n1nnc2ccccc21. The minimum atomic E-state index is -0.175. The summed E-state index contributed by atoms with van der Waals surface area (Å²) in [7, 11) is 0. The van der Waals surface area contributed by atoms with Gasteiger partial charge in [-0.05, 0) is 38.0 Å². The van der Waals surface area contributed by atoms with E-state index in [9.17, 15) is 0 Å². The highest BCUT2D eigenvalue weighted by atomic mass is 16.5. The quantitative estimate of drug-likeness (QED) is 0.745. The lowest BCUT2D eigenvalue weighted by atomic mass is 9.93. The highest BCUT2D eigenvalue weighted by Crippen LogP contribution is 2.29. The lowest BCUT2D eigenvalue weighted by molar-refractivity contribution is 0.250. The van der Waals surface area contributed by atoms with Gasteiger partial charge in [-0.15, -0.1) is 5.10 Å². The highest BCUT2D eigenvalue weighted by molar-refractivity contribution is 5.74. The summed E-state index contributed by atoms with van der Waals surface area (Å²) in [6.45, 7) is 6.99. The summed E-state index contributed by atoms with van der Waals surface area (Å²) in [6, 6.07) is 8.05. The number of aromatic nitrogens is 3. The van der Waals surface area contributed by atoms with E-state index < -0.39 is 0 Å². The average Bonchev–Trinajstić information content (AvgIpc) is 2.89. The third kappa shape index (κ3) is 2.48. The van der Waals surface area contributed by atoms with Gasteiger partial charge in [-0.1, -0.05) is 31.2 Å². The summed E-state index contributed by atoms with van der Waals surface area (Å²) in [5, 5.41) is 8.60. The van der Waals surface area contributed by atoms with E-state index in [0.29, 0.717) is 6.61 Å². The minimum absolute atomic E-state index is 0.175. The van der Waals surface area contributed by atoms with Gasteiger partial charge in [-0.2, -0.15) is 0 Å². The molecule has 2 rings (SSSR count). The fourth-order valence-electron chi connectivity index (χ4n) is 2.32. The van der Waals surface area contributed by atoms with E-state index in [1.165, 1.54) is 0 Å². The van der Waals surface area contributed by atoms with Crippen LogP contribution in [0.3, 0.4) is 0 Å². The number of rotatable bonds is 6. The molecule has 0 bridgehead atoms. The first-order valence-electron chi connectivity index (χ1n) is 6.87. The molecule has 0 spiro atoms. The molecule has 1 aromatic heterocycles. The molecule has 0 amide bonds. The number of fused-ring (bicyclic) bond motifs is 1. The van der Waals surface area contributed by atoms with Crippen molar-refractivity contribution in [3.8, 4) is 0 Å². The second kappa shape index (κ2) is 5.87. The molecule has 2 aromatic rings. The van der Waals surface area contributed by atoms with E-state index in [1.807, 2.05) is 29.8 Å². The Morgan fingerprint density at radius 3 is 2.63 bits per heavy atom. The molecule has 0 fully saturated rings. The first-order chi connectivity index (χ1) is 9.27. The third-order valence-electron chi connectivity index (χ3n) is 3.64. The molecule has 102 valence electrons. The molecule has 0 aliphatic rings. The normalized spacial score (nSPS) is 12.4. The molecule has 0 unspecified atom stereocenters. The van der Waals surface area contributed by atoms with Gasteiger partial charge in [-0.25, -0.2) is 4.68 Å². The lowest BCUT2D eigenvalue weighted by Crippen LogP contribution is -2.31. The second-order valence-electron chi connectivity index (χ2n) is 4.56. The van der Waals surface area contributed by atoms with Crippen LogP contribution in [0.25, 0.3) is 11.0 Å². The molecule has 0 aliphatic carbocycles. The van der Waals surface area contributed by atoms with Crippen LogP contribution in [0.1, 0.15) is 33.6 Å². The maximum absolute atomic E-state index is 5.36. The van der Waals surface area contributed by atoms with Gasteiger partial charge in [0.05, 0.1) is 23.9 Å². The number of benzene rings is 1. The number of allylic oxidation sites excluding steroid dienone is 1. The third-order valence-corrected chi connectivity index (χ3v) is 3.64. The van der Waals surface area contributed by atoms with Crippen LogP contribution in [0.15, 0.2) is 36.6 Å². The van der Waals surface area contributed by atoms with Crippen molar-refractivity contribution in [3.05, 3.63) is 36.6 Å². The zero-order chi connectivity index (χ0) is 13.7. The number of ether oxygens (including phenoxy) is 1. The van der Waals surface area contributed by atoms with Crippen molar-refractivity contribution < 1.29 is 4.74 Å². The highest BCUT2D eigenvalue weighted by Gasteiger charge is 2.28. The zero-order valence-corrected chi connectivity index (χ0v) is 11.8. The fraction of sp³-hybridized carbons (Fsp3) is 0.467. The van der Waals surface area contributed by atoms with Gasteiger partial charge in [0.1, 0.15) is 5.52 Å². The molecule has 19 heavy (non-hydrogen) atoms. The van der Waals surface area contributed by atoms with Crippen molar-refractivity contribution in [2.75, 3.05) is 6.61 Å². The van der Waals surface area contributed by atoms with Crippen LogP contribution in [0.4, 0.5) is 0 Å². The second-order valence-corrected chi connectivity index (χ2v) is 4.56. The van der Waals surface area contributed by atoms with Crippen molar-refractivity contribution in [1.82, 2.24) is 15.0 Å². The molecule has 1 aromatic carbocycles. The Morgan fingerprint density at radius 1 is 1.21 bits per heavy atom. The molecule has 0 saturated heterocycles. The summed E-state index contributed by atoms with van der Waals surface area (Å²) in [4.78, 5) is 0. The molecule has 1 heterocycles. The van der Waals surface area contributed by atoms with Crippen LogP contribution >= 0.6 is 0 Å². The van der Waals surface area contributed by atoms with E-state index >= 15 is 0 Å². The summed E-state index contributed by atoms with van der Waals surface area (Å²) in [5.74, 6) is 0. The fourth-order valence-corrected chi connectivity index (χ4v) is 2.32. The van der Waals surface area contributed by atoms with Crippen LogP contribution in [0, 0.1) is 0 Å². The van der Waals surface area contributed by atoms with E-state index in [0.717, 1.165) is 23.9 Å². The summed E-state index contributed by atoms with van der Waals surface area (Å²) < 4.78 is 7.37. The smallest absolute Gasteiger partial charge is 0.113 e. The van der Waals surface area contributed by atoms with Crippen LogP contribution in [-0.4, -0.2) is 21.6 Å². The molecule has 4 nitrogen and oxygen atoms in total. The van der Waals surface area contributed by atoms with Crippen molar-refractivity contribution >= 4 is 11.0 Å². The molecule has 4 heteroatoms. The van der Waals surface area contributed by atoms with Crippen LogP contribution in [0.5, 0.6) is 0 Å². The molecule has 0 N–H and O–H groups in total. The Balaban J connectivity index is 2.49. The van der Waals surface area contributed by atoms with Crippen molar-refractivity contribution in [2.45, 2.75) is 39.2 Å². The van der Waals surface area contributed by atoms with Gasteiger partial charge < -0.3 is 4.74 Å². The number of nitrogens with zero attached hydrogens (tertiary/aromatic N) is 3. The molecular formula is C15H21N3O. The van der Waals surface area contributed by atoms with Gasteiger partial charge in [0, 0.05) is 0 Å². The summed E-state index contributed by atoms with van der Waals surface area (Å²) >= 11 is 0. The van der Waals surface area contributed by atoms with Gasteiger partial charge in [0.15, 0.2) is 0 Å². The van der Waals surface area contributed by atoms with E-state index in [-0.39, 0.29) is 5.54 Å². The molecule has 0 radical (unpaired) electrons. The topological polar surface area (TPSA) is 39.9 Å². The van der Waals surface area contributed by atoms with Gasteiger partial charge >= 0.3 is 0 Å². The Kier molecular flexibility index (Phi) is 4.20. The van der Waals surface area contributed by atoms with E-state index in [2.05, 4.69) is 36.3 Å². The van der Waals surface area contributed by atoms with Gasteiger partial charge in [0.2, 0.25) is 0 Å². The van der Waals surface area contributed by atoms with Crippen LogP contribution in [0.2, 0.25) is 0 Å².